The first kappa shape index (κ1) is 13.9. The molecule has 0 saturated heterocycles. The molecule has 0 atom stereocenters. The molecule has 2 aromatic heterocycles. The quantitative estimate of drug-likeness (QED) is 0.696. The van der Waals surface area contributed by atoms with Crippen LogP contribution in [0.25, 0.3) is 10.2 Å². The molecule has 2 N–H and O–H groups in total. The minimum Gasteiger partial charge on any atom is -0.350 e. The third kappa shape index (κ3) is 3.16. The first-order valence-corrected chi connectivity index (χ1v) is 8.10. The predicted molar refractivity (Wildman–Crippen MR) is 89.2 cm³/mol. The Bertz CT molecular complexity index is 711. The number of aryl methyl sites for hydroxylation is 1. The summed E-state index contributed by atoms with van der Waals surface area (Å²) in [5, 5.41) is 4.94. The van der Waals surface area contributed by atoms with Gasteiger partial charge in [-0.2, -0.15) is 0 Å². The zero-order chi connectivity index (χ0) is 14.7. The van der Waals surface area contributed by atoms with Crippen molar-refractivity contribution in [3.05, 3.63) is 53.0 Å². The predicted octanol–water partition coefficient (Wildman–Crippen LogP) is 4.82. The van der Waals surface area contributed by atoms with Crippen LogP contribution in [-0.4, -0.2) is 10.9 Å². The fourth-order valence-corrected chi connectivity index (χ4v) is 3.09. The van der Waals surface area contributed by atoms with E-state index < -0.39 is 0 Å². The lowest BCUT2D eigenvalue weighted by molar-refractivity contribution is 0.102. The van der Waals surface area contributed by atoms with Crippen LogP contribution < -0.4 is 5.32 Å². The van der Waals surface area contributed by atoms with Crippen LogP contribution in [0.3, 0.4) is 0 Å². The van der Waals surface area contributed by atoms with Gasteiger partial charge in [-0.3, -0.25) is 4.79 Å². The van der Waals surface area contributed by atoms with Crippen LogP contribution in [0.15, 0.2) is 41.8 Å². The molecule has 1 aromatic carbocycles. The Labute approximate surface area is 128 Å². The van der Waals surface area contributed by atoms with E-state index in [9.17, 15) is 4.79 Å². The Kier molecular flexibility index (Phi) is 4.06. The minimum atomic E-state index is -0.0975. The summed E-state index contributed by atoms with van der Waals surface area (Å²) in [4.78, 5) is 15.3. The number of aromatic nitrogens is 1. The Morgan fingerprint density at radius 1 is 1.24 bits per heavy atom. The number of carbonyl (C=O) groups excluding carboxylic acids is 1. The number of aromatic amines is 1. The average Bonchev–Trinajstić information content (AvgIpc) is 3.07. The Balaban J connectivity index is 1.68. The molecule has 1 amide bonds. The molecule has 0 aliphatic rings. The summed E-state index contributed by atoms with van der Waals surface area (Å²) in [7, 11) is 0. The van der Waals surface area contributed by atoms with E-state index in [4.69, 9.17) is 0 Å². The number of amides is 1. The summed E-state index contributed by atoms with van der Waals surface area (Å²) in [6.45, 7) is 2.19. The average molecular weight is 298 g/mol. The lowest BCUT2D eigenvalue weighted by atomic mass is 10.1. The first-order chi connectivity index (χ1) is 10.3. The molecule has 0 spiro atoms. The van der Waals surface area contributed by atoms with Gasteiger partial charge in [0.05, 0.1) is 10.2 Å². The van der Waals surface area contributed by atoms with E-state index >= 15 is 0 Å². The highest BCUT2D eigenvalue weighted by molar-refractivity contribution is 7.17. The maximum atomic E-state index is 12.2. The number of unbranched alkanes of at least 4 members (excludes halogenated alkanes) is 1. The van der Waals surface area contributed by atoms with Gasteiger partial charge in [-0.05, 0) is 48.1 Å². The first-order valence-electron chi connectivity index (χ1n) is 7.23. The minimum absolute atomic E-state index is 0.0975. The van der Waals surface area contributed by atoms with Crippen molar-refractivity contribution in [2.45, 2.75) is 26.2 Å². The largest absolute Gasteiger partial charge is 0.350 e. The third-order valence-corrected chi connectivity index (χ3v) is 4.38. The summed E-state index contributed by atoms with van der Waals surface area (Å²) >= 11 is 1.63. The topological polar surface area (TPSA) is 44.9 Å². The molecule has 3 aromatic rings. The van der Waals surface area contributed by atoms with Crippen molar-refractivity contribution in [1.29, 1.82) is 0 Å². The summed E-state index contributed by atoms with van der Waals surface area (Å²) < 4.78 is 1.11. The normalized spacial score (nSPS) is 10.9. The van der Waals surface area contributed by atoms with Gasteiger partial charge in [0.1, 0.15) is 5.69 Å². The molecule has 0 saturated carbocycles. The van der Waals surface area contributed by atoms with Gasteiger partial charge in [0, 0.05) is 5.69 Å². The van der Waals surface area contributed by atoms with Crippen molar-refractivity contribution in [3.63, 3.8) is 0 Å². The van der Waals surface area contributed by atoms with Crippen LogP contribution in [0.1, 0.15) is 35.8 Å². The van der Waals surface area contributed by atoms with Gasteiger partial charge in [-0.25, -0.2) is 0 Å². The van der Waals surface area contributed by atoms with Crippen molar-refractivity contribution in [1.82, 2.24) is 4.98 Å². The van der Waals surface area contributed by atoms with Crippen LogP contribution in [0.5, 0.6) is 0 Å². The van der Waals surface area contributed by atoms with E-state index in [0.717, 1.165) is 22.3 Å². The zero-order valence-corrected chi connectivity index (χ0v) is 12.8. The number of nitrogens with one attached hydrogen (secondary N) is 2. The highest BCUT2D eigenvalue weighted by atomic mass is 32.1. The van der Waals surface area contributed by atoms with Crippen molar-refractivity contribution < 1.29 is 4.79 Å². The number of benzene rings is 1. The third-order valence-electron chi connectivity index (χ3n) is 3.52. The number of rotatable bonds is 5. The maximum absolute atomic E-state index is 12.2. The van der Waals surface area contributed by atoms with Crippen LogP contribution in [0, 0.1) is 0 Å². The molecular weight excluding hydrogens is 280 g/mol. The number of carbonyl (C=O) groups is 1. The maximum Gasteiger partial charge on any atom is 0.272 e. The SMILES string of the molecule is CCCCc1ccc(NC(=O)c2cc3sccc3[nH]2)cc1. The van der Waals surface area contributed by atoms with E-state index in [1.807, 2.05) is 29.6 Å². The van der Waals surface area contributed by atoms with E-state index in [2.05, 4.69) is 29.4 Å². The summed E-state index contributed by atoms with van der Waals surface area (Å²) in [6, 6.07) is 12.0. The van der Waals surface area contributed by atoms with E-state index in [-0.39, 0.29) is 5.91 Å². The number of anilines is 1. The molecule has 0 aliphatic heterocycles. The second kappa shape index (κ2) is 6.14. The Hall–Kier alpha value is -2.07. The molecule has 108 valence electrons. The molecule has 0 aliphatic carbocycles. The van der Waals surface area contributed by atoms with Gasteiger partial charge < -0.3 is 10.3 Å². The number of hydrogen-bond acceptors (Lipinski definition) is 2. The van der Waals surface area contributed by atoms with Gasteiger partial charge in [-0.1, -0.05) is 25.5 Å². The van der Waals surface area contributed by atoms with Crippen molar-refractivity contribution in [2.24, 2.45) is 0 Å². The lowest BCUT2D eigenvalue weighted by Crippen LogP contribution is -2.12. The van der Waals surface area contributed by atoms with Gasteiger partial charge in [-0.15, -0.1) is 11.3 Å². The van der Waals surface area contributed by atoms with E-state index in [1.54, 1.807) is 11.3 Å². The second-order valence-electron chi connectivity index (χ2n) is 5.14. The lowest BCUT2D eigenvalue weighted by Gasteiger charge is -2.05. The summed E-state index contributed by atoms with van der Waals surface area (Å²) in [6.07, 6.45) is 3.49. The molecule has 21 heavy (non-hydrogen) atoms. The second-order valence-corrected chi connectivity index (χ2v) is 6.08. The molecule has 0 radical (unpaired) electrons. The molecule has 4 heteroatoms. The van der Waals surface area contributed by atoms with Crippen LogP contribution in [0.2, 0.25) is 0 Å². The van der Waals surface area contributed by atoms with Crippen LogP contribution in [0.4, 0.5) is 5.69 Å². The molecule has 0 unspecified atom stereocenters. The van der Waals surface area contributed by atoms with Gasteiger partial charge in [0.2, 0.25) is 0 Å². The number of H-pyrrole nitrogens is 1. The van der Waals surface area contributed by atoms with E-state index in [1.165, 1.54) is 18.4 Å². The molecular formula is C17H18N2OS. The molecule has 3 nitrogen and oxygen atoms in total. The monoisotopic (exact) mass is 298 g/mol. The Morgan fingerprint density at radius 3 is 2.76 bits per heavy atom. The number of fused-ring (bicyclic) bond motifs is 1. The Morgan fingerprint density at radius 2 is 2.05 bits per heavy atom. The smallest absolute Gasteiger partial charge is 0.272 e. The van der Waals surface area contributed by atoms with Gasteiger partial charge in [0.25, 0.3) is 5.91 Å². The highest BCUT2D eigenvalue weighted by Crippen LogP contribution is 2.22. The molecule has 2 heterocycles. The fourth-order valence-electron chi connectivity index (χ4n) is 2.30. The molecule has 0 fully saturated rings. The van der Waals surface area contributed by atoms with Gasteiger partial charge >= 0.3 is 0 Å². The van der Waals surface area contributed by atoms with Crippen LogP contribution in [-0.2, 0) is 6.42 Å². The zero-order valence-electron chi connectivity index (χ0n) is 12.0. The summed E-state index contributed by atoms with van der Waals surface area (Å²) in [5.41, 5.74) is 3.76. The molecule has 3 rings (SSSR count). The van der Waals surface area contributed by atoms with Crippen molar-refractivity contribution >= 4 is 33.1 Å². The van der Waals surface area contributed by atoms with Crippen molar-refractivity contribution in [3.8, 4) is 0 Å². The summed E-state index contributed by atoms with van der Waals surface area (Å²) in [5.74, 6) is -0.0975. The van der Waals surface area contributed by atoms with Gasteiger partial charge in [0.15, 0.2) is 0 Å². The van der Waals surface area contributed by atoms with Crippen LogP contribution >= 0.6 is 11.3 Å². The standard InChI is InChI=1S/C17H18N2OS/c1-2-3-4-12-5-7-13(8-6-12)18-17(20)15-11-16-14(19-15)9-10-21-16/h5-11,19H,2-4H2,1H3,(H,18,20). The fraction of sp³-hybridized carbons (Fsp3) is 0.235. The van der Waals surface area contributed by atoms with E-state index in [0.29, 0.717) is 5.69 Å². The number of hydrogen-bond donors (Lipinski definition) is 2. The number of thiophene rings is 1. The highest BCUT2D eigenvalue weighted by Gasteiger charge is 2.10. The van der Waals surface area contributed by atoms with Crippen molar-refractivity contribution in [2.75, 3.05) is 5.32 Å². The molecule has 0 bridgehead atoms.